The van der Waals surface area contributed by atoms with Crippen molar-refractivity contribution in [3.63, 3.8) is 0 Å². The van der Waals surface area contributed by atoms with Crippen LogP contribution in [0, 0.1) is 6.92 Å². The molecule has 0 atom stereocenters. The van der Waals surface area contributed by atoms with Crippen LogP contribution in [0.15, 0.2) is 10.5 Å². The van der Waals surface area contributed by atoms with Crippen molar-refractivity contribution in [3.05, 3.63) is 32.5 Å². The predicted octanol–water partition coefficient (Wildman–Crippen LogP) is 4.40. The normalized spacial score (nSPS) is 11.0. The molecule has 0 aliphatic rings. The van der Waals surface area contributed by atoms with Crippen molar-refractivity contribution in [2.45, 2.75) is 6.92 Å². The molecule has 1 aromatic heterocycles. The van der Waals surface area contributed by atoms with E-state index in [9.17, 15) is 4.79 Å². The number of furan rings is 1. The van der Waals surface area contributed by atoms with Gasteiger partial charge in [-0.05, 0) is 13.0 Å². The number of hydrogen-bond acceptors (Lipinski definition) is 2. The average Bonchev–Trinajstić information content (AvgIpc) is 2.53. The Morgan fingerprint density at radius 3 is 2.50 bits per heavy atom. The van der Waals surface area contributed by atoms with Crippen molar-refractivity contribution in [2.24, 2.45) is 0 Å². The Bertz CT molecular complexity index is 601. The van der Waals surface area contributed by atoms with Crippen molar-refractivity contribution < 1.29 is 14.3 Å². The molecule has 0 aliphatic carbocycles. The fraction of sp³-hybridized carbons (Fsp3) is 0.100. The zero-order chi connectivity index (χ0) is 12.0. The molecule has 1 N–H and O–H groups in total. The van der Waals surface area contributed by atoms with Crippen LogP contribution in [0.2, 0.25) is 15.1 Å². The van der Waals surface area contributed by atoms with Crippen LogP contribution in [0.3, 0.4) is 0 Å². The van der Waals surface area contributed by atoms with Gasteiger partial charge in [0.2, 0.25) is 5.76 Å². The van der Waals surface area contributed by atoms with E-state index in [4.69, 9.17) is 44.3 Å². The van der Waals surface area contributed by atoms with Gasteiger partial charge in [-0.2, -0.15) is 0 Å². The quantitative estimate of drug-likeness (QED) is 0.787. The minimum absolute atomic E-state index is 0.180. The number of rotatable bonds is 1. The molecule has 0 unspecified atom stereocenters. The summed E-state index contributed by atoms with van der Waals surface area (Å²) in [6.45, 7) is 1.59. The van der Waals surface area contributed by atoms with Gasteiger partial charge in [-0.15, -0.1) is 0 Å². The lowest BCUT2D eigenvalue weighted by Gasteiger charge is -1.99. The van der Waals surface area contributed by atoms with E-state index in [1.807, 2.05) is 0 Å². The summed E-state index contributed by atoms with van der Waals surface area (Å²) in [7, 11) is 0. The lowest BCUT2D eigenvalue weighted by molar-refractivity contribution is 0.0664. The van der Waals surface area contributed by atoms with Crippen LogP contribution in [-0.2, 0) is 0 Å². The zero-order valence-corrected chi connectivity index (χ0v) is 10.2. The molecular formula is C10H5Cl3O3. The molecule has 84 valence electrons. The van der Waals surface area contributed by atoms with Gasteiger partial charge < -0.3 is 9.52 Å². The van der Waals surface area contributed by atoms with Crippen LogP contribution in [0.5, 0.6) is 0 Å². The summed E-state index contributed by atoms with van der Waals surface area (Å²) in [5.41, 5.74) is 0.655. The van der Waals surface area contributed by atoms with Gasteiger partial charge in [0.1, 0.15) is 0 Å². The standard InChI is InChI=1S/C10H5Cl3O3/c1-3-6-7(13)4(11)2-5(12)9(6)16-8(3)10(14)15/h2H,1H3,(H,14,15). The number of aromatic carboxylic acids is 1. The van der Waals surface area contributed by atoms with Crippen LogP contribution in [0.25, 0.3) is 11.0 Å². The monoisotopic (exact) mass is 278 g/mol. The molecule has 2 rings (SSSR count). The Balaban J connectivity index is 2.97. The van der Waals surface area contributed by atoms with E-state index in [1.54, 1.807) is 6.92 Å². The number of fused-ring (bicyclic) bond motifs is 1. The maximum atomic E-state index is 10.9. The topological polar surface area (TPSA) is 50.4 Å². The van der Waals surface area contributed by atoms with Gasteiger partial charge in [0.15, 0.2) is 5.58 Å². The molecule has 0 saturated carbocycles. The molecule has 1 aromatic carbocycles. The molecule has 0 spiro atoms. The third kappa shape index (κ3) is 1.56. The first kappa shape index (κ1) is 11.6. The van der Waals surface area contributed by atoms with Gasteiger partial charge in [-0.1, -0.05) is 34.8 Å². The number of aryl methyl sites for hydroxylation is 1. The second kappa shape index (κ2) is 3.84. The van der Waals surface area contributed by atoms with Crippen molar-refractivity contribution in [3.8, 4) is 0 Å². The maximum absolute atomic E-state index is 10.9. The van der Waals surface area contributed by atoms with E-state index in [0.717, 1.165) is 0 Å². The Morgan fingerprint density at radius 1 is 1.31 bits per heavy atom. The molecule has 0 aliphatic heterocycles. The fourth-order valence-electron chi connectivity index (χ4n) is 1.51. The average molecular weight is 280 g/mol. The molecule has 3 nitrogen and oxygen atoms in total. The number of carboxylic acids is 1. The molecule has 0 radical (unpaired) electrons. The number of halogens is 3. The van der Waals surface area contributed by atoms with Crippen LogP contribution in [0.4, 0.5) is 0 Å². The molecular weight excluding hydrogens is 274 g/mol. The molecule has 0 fully saturated rings. The second-order valence-electron chi connectivity index (χ2n) is 3.22. The summed E-state index contributed by atoms with van der Waals surface area (Å²) in [4.78, 5) is 10.9. The first-order valence-electron chi connectivity index (χ1n) is 4.23. The predicted molar refractivity (Wildman–Crippen MR) is 62.9 cm³/mol. The fourth-order valence-corrected chi connectivity index (χ4v) is 2.29. The highest BCUT2D eigenvalue weighted by Crippen LogP contribution is 2.40. The van der Waals surface area contributed by atoms with Crippen LogP contribution in [-0.4, -0.2) is 11.1 Å². The van der Waals surface area contributed by atoms with Gasteiger partial charge in [-0.25, -0.2) is 4.79 Å². The molecule has 1 heterocycles. The van der Waals surface area contributed by atoms with E-state index >= 15 is 0 Å². The summed E-state index contributed by atoms with van der Waals surface area (Å²) >= 11 is 17.7. The van der Waals surface area contributed by atoms with E-state index in [2.05, 4.69) is 0 Å². The van der Waals surface area contributed by atoms with Crippen molar-refractivity contribution in [1.29, 1.82) is 0 Å². The van der Waals surface area contributed by atoms with Crippen molar-refractivity contribution in [1.82, 2.24) is 0 Å². The summed E-state index contributed by atoms with van der Waals surface area (Å²) in [5, 5.41) is 10.1. The summed E-state index contributed by atoms with van der Waals surface area (Å²) in [6, 6.07) is 1.42. The van der Waals surface area contributed by atoms with E-state index in [1.165, 1.54) is 6.07 Å². The Labute approximate surface area is 106 Å². The van der Waals surface area contributed by atoms with Gasteiger partial charge in [0, 0.05) is 10.9 Å². The summed E-state index contributed by atoms with van der Waals surface area (Å²) < 4.78 is 5.15. The van der Waals surface area contributed by atoms with Crippen molar-refractivity contribution in [2.75, 3.05) is 0 Å². The first-order valence-corrected chi connectivity index (χ1v) is 5.36. The molecule has 6 heteroatoms. The van der Waals surface area contributed by atoms with E-state index < -0.39 is 5.97 Å². The van der Waals surface area contributed by atoms with E-state index in [0.29, 0.717) is 10.9 Å². The van der Waals surface area contributed by atoms with Crippen LogP contribution < -0.4 is 0 Å². The highest BCUT2D eigenvalue weighted by molar-refractivity contribution is 6.47. The van der Waals surface area contributed by atoms with E-state index in [-0.39, 0.29) is 26.4 Å². The largest absolute Gasteiger partial charge is 0.475 e. The van der Waals surface area contributed by atoms with Gasteiger partial charge in [-0.3, -0.25) is 0 Å². The Morgan fingerprint density at radius 2 is 1.94 bits per heavy atom. The minimum atomic E-state index is -1.17. The summed E-state index contributed by atoms with van der Waals surface area (Å²) in [6.07, 6.45) is 0. The van der Waals surface area contributed by atoms with Gasteiger partial charge in [0.25, 0.3) is 0 Å². The molecule has 0 bridgehead atoms. The highest BCUT2D eigenvalue weighted by atomic mass is 35.5. The smallest absolute Gasteiger partial charge is 0.372 e. The lowest BCUT2D eigenvalue weighted by Crippen LogP contribution is -1.95. The van der Waals surface area contributed by atoms with Crippen LogP contribution in [0.1, 0.15) is 16.1 Å². The van der Waals surface area contributed by atoms with Gasteiger partial charge in [0.05, 0.1) is 15.1 Å². The molecule has 16 heavy (non-hydrogen) atoms. The van der Waals surface area contributed by atoms with Crippen LogP contribution >= 0.6 is 34.8 Å². The van der Waals surface area contributed by atoms with Gasteiger partial charge >= 0.3 is 5.97 Å². The lowest BCUT2D eigenvalue weighted by atomic mass is 10.1. The first-order chi connectivity index (χ1) is 7.43. The number of hydrogen-bond donors (Lipinski definition) is 1. The second-order valence-corrected chi connectivity index (χ2v) is 4.41. The summed E-state index contributed by atoms with van der Waals surface area (Å²) in [5.74, 6) is -1.35. The zero-order valence-electron chi connectivity index (χ0n) is 7.97. The SMILES string of the molecule is Cc1c(C(=O)O)oc2c(Cl)cc(Cl)c(Cl)c12. The molecule has 0 amide bonds. The third-order valence-electron chi connectivity index (χ3n) is 2.24. The highest BCUT2D eigenvalue weighted by Gasteiger charge is 2.21. The maximum Gasteiger partial charge on any atom is 0.372 e. The molecule has 2 aromatic rings. The Kier molecular flexibility index (Phi) is 2.78. The number of carboxylic acid groups (broad SMARTS) is 1. The van der Waals surface area contributed by atoms with Crippen molar-refractivity contribution >= 4 is 51.7 Å². The Hall–Kier alpha value is -0.900. The third-order valence-corrected chi connectivity index (χ3v) is 3.31. The minimum Gasteiger partial charge on any atom is -0.475 e. The number of benzene rings is 1. The molecule has 0 saturated heterocycles. The number of carbonyl (C=O) groups is 1.